The summed E-state index contributed by atoms with van der Waals surface area (Å²) in [6.45, 7) is 1.50. The van der Waals surface area contributed by atoms with Gasteiger partial charge in [-0.2, -0.15) is 0 Å². The molecule has 2 aromatic heterocycles. The highest BCUT2D eigenvalue weighted by atomic mass is 32.2. The maximum Gasteiger partial charge on any atom is 0.234 e. The van der Waals surface area contributed by atoms with Crippen LogP contribution in [0.3, 0.4) is 0 Å². The lowest BCUT2D eigenvalue weighted by Crippen LogP contribution is -2.14. The van der Waals surface area contributed by atoms with E-state index in [1.165, 1.54) is 24.9 Å². The molecule has 0 aliphatic rings. The first-order valence-corrected chi connectivity index (χ1v) is 16.8. The quantitative estimate of drug-likeness (QED) is 0.142. The summed E-state index contributed by atoms with van der Waals surface area (Å²) in [5, 5.41) is 13.4. The highest BCUT2D eigenvalue weighted by molar-refractivity contribution is 7.99. The van der Waals surface area contributed by atoms with Gasteiger partial charge in [-0.05, 0) is 67.6 Å². The van der Waals surface area contributed by atoms with Gasteiger partial charge < -0.3 is 5.32 Å². The third kappa shape index (κ3) is 6.54. The summed E-state index contributed by atoms with van der Waals surface area (Å²) in [6.07, 6.45) is 1.18. The van der Waals surface area contributed by atoms with Crippen LogP contribution in [0.5, 0.6) is 0 Å². The monoisotopic (exact) mass is 633 g/mol. The van der Waals surface area contributed by atoms with Gasteiger partial charge in [0.1, 0.15) is 0 Å². The molecule has 9 nitrogen and oxygen atoms in total. The van der Waals surface area contributed by atoms with Crippen molar-refractivity contribution in [2.75, 3.05) is 17.3 Å². The molecule has 0 saturated heterocycles. The van der Waals surface area contributed by atoms with Crippen LogP contribution in [-0.2, 0) is 14.6 Å². The number of anilines is 1. The smallest absolute Gasteiger partial charge is 0.234 e. The molecule has 0 radical (unpaired) electrons. The fourth-order valence-electron chi connectivity index (χ4n) is 4.84. The summed E-state index contributed by atoms with van der Waals surface area (Å²) in [5.74, 6) is 0.373. The van der Waals surface area contributed by atoms with Crippen LogP contribution < -0.4 is 5.32 Å². The summed E-state index contributed by atoms with van der Waals surface area (Å²) in [7, 11) is -3.34. The van der Waals surface area contributed by atoms with E-state index in [9.17, 15) is 18.0 Å². The van der Waals surface area contributed by atoms with Crippen molar-refractivity contribution in [3.8, 4) is 28.3 Å². The molecule has 2 heterocycles. The fourth-order valence-corrected chi connectivity index (χ4v) is 6.23. The van der Waals surface area contributed by atoms with Gasteiger partial charge >= 0.3 is 0 Å². The lowest BCUT2D eigenvalue weighted by molar-refractivity contribution is -0.113. The molecule has 4 aromatic carbocycles. The maximum absolute atomic E-state index is 12.9. The Morgan fingerprint density at radius 1 is 0.844 bits per heavy atom. The van der Waals surface area contributed by atoms with E-state index < -0.39 is 9.84 Å². The van der Waals surface area contributed by atoms with Crippen LogP contribution in [0.25, 0.3) is 39.2 Å². The van der Waals surface area contributed by atoms with Gasteiger partial charge in [0.2, 0.25) is 5.91 Å². The van der Waals surface area contributed by atoms with E-state index in [0.717, 1.165) is 27.7 Å². The van der Waals surface area contributed by atoms with Crippen molar-refractivity contribution in [1.82, 2.24) is 19.7 Å². The Balaban J connectivity index is 1.37. The van der Waals surface area contributed by atoms with E-state index >= 15 is 0 Å². The molecule has 0 aliphatic heterocycles. The van der Waals surface area contributed by atoms with Crippen molar-refractivity contribution in [2.24, 2.45) is 0 Å². The minimum Gasteiger partial charge on any atom is -0.325 e. The van der Waals surface area contributed by atoms with Crippen LogP contribution in [0.4, 0.5) is 5.69 Å². The van der Waals surface area contributed by atoms with Crippen LogP contribution in [0.2, 0.25) is 0 Å². The highest BCUT2D eigenvalue weighted by Gasteiger charge is 2.21. The lowest BCUT2D eigenvalue weighted by Gasteiger charge is -2.13. The predicted octanol–water partition coefficient (Wildman–Crippen LogP) is 6.49. The normalized spacial score (nSPS) is 11.4. The number of nitrogens with zero attached hydrogens (tertiary/aromatic N) is 4. The third-order valence-corrected chi connectivity index (χ3v) is 9.15. The Morgan fingerprint density at radius 3 is 2.22 bits per heavy atom. The molecule has 6 rings (SSSR count). The van der Waals surface area contributed by atoms with Crippen molar-refractivity contribution in [1.29, 1.82) is 0 Å². The Morgan fingerprint density at radius 2 is 1.53 bits per heavy atom. The van der Waals surface area contributed by atoms with E-state index in [1.54, 1.807) is 48.5 Å². The zero-order valence-electron chi connectivity index (χ0n) is 24.3. The standard InChI is InChI=1S/C34H27N5O4S2/c1-22(40)23-12-16-25(17-13-23)35-32(41)21-44-34-38-37-33(39(34)26-8-4-3-5-9-26)29-20-31(36-30-11-7-6-10-28(29)30)24-14-18-27(19-15-24)45(2,42)43/h3-20H,21H2,1-2H3,(H,35,41). The predicted molar refractivity (Wildman–Crippen MR) is 176 cm³/mol. The number of aromatic nitrogens is 4. The Hall–Kier alpha value is -5.13. The number of sulfone groups is 1. The number of para-hydroxylation sites is 2. The number of Topliss-reactive ketones (excluding diaryl/α,β-unsaturated/α-hetero) is 1. The summed E-state index contributed by atoms with van der Waals surface area (Å²) in [5.41, 5.74) is 4.91. The number of amides is 1. The summed E-state index contributed by atoms with van der Waals surface area (Å²) < 4.78 is 26.0. The fraction of sp³-hybridized carbons (Fsp3) is 0.0882. The lowest BCUT2D eigenvalue weighted by atomic mass is 10.0. The van der Waals surface area contributed by atoms with Crippen LogP contribution in [0.1, 0.15) is 17.3 Å². The molecule has 0 saturated carbocycles. The Bertz CT molecular complexity index is 2150. The number of fused-ring (bicyclic) bond motifs is 1. The number of benzene rings is 4. The van der Waals surface area contributed by atoms with Crippen LogP contribution in [-0.4, -0.2) is 51.9 Å². The molecule has 0 spiro atoms. The minimum atomic E-state index is -3.34. The molecule has 0 unspecified atom stereocenters. The molecule has 0 bridgehead atoms. The van der Waals surface area contributed by atoms with Gasteiger partial charge in [-0.1, -0.05) is 60.3 Å². The van der Waals surface area contributed by atoms with Gasteiger partial charge in [0.15, 0.2) is 26.6 Å². The maximum atomic E-state index is 12.9. The van der Waals surface area contributed by atoms with Gasteiger partial charge in [-0.3, -0.25) is 14.2 Å². The number of thioether (sulfide) groups is 1. The van der Waals surface area contributed by atoms with E-state index in [1.807, 2.05) is 65.2 Å². The molecule has 1 amide bonds. The molecule has 0 aliphatic carbocycles. The number of hydrogen-bond donors (Lipinski definition) is 1. The molecular formula is C34H27N5O4S2. The topological polar surface area (TPSA) is 124 Å². The molecule has 1 N–H and O–H groups in total. The molecule has 0 fully saturated rings. The van der Waals surface area contributed by atoms with E-state index in [4.69, 9.17) is 4.98 Å². The first kappa shape index (κ1) is 29.9. The molecule has 6 aromatic rings. The number of rotatable bonds is 9. The van der Waals surface area contributed by atoms with E-state index in [0.29, 0.717) is 27.9 Å². The first-order valence-electron chi connectivity index (χ1n) is 13.9. The van der Waals surface area contributed by atoms with E-state index in [2.05, 4.69) is 15.5 Å². The Labute approximate surface area is 264 Å². The first-order chi connectivity index (χ1) is 21.7. The number of carbonyl (C=O) groups is 2. The molecular weight excluding hydrogens is 607 g/mol. The largest absolute Gasteiger partial charge is 0.325 e. The van der Waals surface area contributed by atoms with Gasteiger partial charge in [-0.15, -0.1) is 10.2 Å². The summed E-state index contributed by atoms with van der Waals surface area (Å²) in [4.78, 5) is 29.6. The molecule has 224 valence electrons. The van der Waals surface area contributed by atoms with Crippen molar-refractivity contribution in [3.05, 3.63) is 115 Å². The third-order valence-electron chi connectivity index (χ3n) is 7.09. The number of nitrogens with one attached hydrogen (secondary N) is 1. The molecule has 0 atom stereocenters. The SMILES string of the molecule is CC(=O)c1ccc(NC(=O)CSc2nnc(-c3cc(-c4ccc(S(C)(=O)=O)cc4)nc4ccccc34)n2-c2ccccc2)cc1. The summed E-state index contributed by atoms with van der Waals surface area (Å²) >= 11 is 1.25. The highest BCUT2D eigenvalue weighted by Crippen LogP contribution is 2.35. The molecule has 11 heteroatoms. The average molecular weight is 634 g/mol. The van der Waals surface area contributed by atoms with Crippen LogP contribution >= 0.6 is 11.8 Å². The van der Waals surface area contributed by atoms with Crippen molar-refractivity contribution in [2.45, 2.75) is 17.0 Å². The van der Waals surface area contributed by atoms with E-state index in [-0.39, 0.29) is 22.3 Å². The van der Waals surface area contributed by atoms with Crippen LogP contribution in [0.15, 0.2) is 119 Å². The second-order valence-electron chi connectivity index (χ2n) is 10.3. The van der Waals surface area contributed by atoms with Crippen molar-refractivity contribution >= 4 is 49.9 Å². The van der Waals surface area contributed by atoms with Gasteiger partial charge in [0.25, 0.3) is 0 Å². The van der Waals surface area contributed by atoms with Gasteiger partial charge in [-0.25, -0.2) is 13.4 Å². The Kier molecular flexibility index (Phi) is 8.29. The zero-order valence-corrected chi connectivity index (χ0v) is 26.0. The summed E-state index contributed by atoms with van der Waals surface area (Å²) in [6, 6.07) is 32.7. The number of pyridine rings is 1. The number of hydrogen-bond acceptors (Lipinski definition) is 8. The second kappa shape index (κ2) is 12.5. The zero-order chi connectivity index (χ0) is 31.6. The van der Waals surface area contributed by atoms with Gasteiger partial charge in [0, 0.05) is 39.7 Å². The second-order valence-corrected chi connectivity index (χ2v) is 13.3. The number of carbonyl (C=O) groups excluding carboxylic acids is 2. The minimum absolute atomic E-state index is 0.0431. The molecule has 45 heavy (non-hydrogen) atoms. The van der Waals surface area contributed by atoms with Crippen molar-refractivity contribution < 1.29 is 18.0 Å². The van der Waals surface area contributed by atoms with Crippen LogP contribution in [0, 0.1) is 0 Å². The van der Waals surface area contributed by atoms with Gasteiger partial charge in [0.05, 0.1) is 21.9 Å². The average Bonchev–Trinajstić information content (AvgIpc) is 3.47. The number of ketones is 1. The van der Waals surface area contributed by atoms with Crippen molar-refractivity contribution in [3.63, 3.8) is 0 Å².